The summed E-state index contributed by atoms with van der Waals surface area (Å²) in [6.45, 7) is 4.00. The Bertz CT molecular complexity index is 506. The zero-order chi connectivity index (χ0) is 11.4. The molecular formula is C10H17N5. The van der Waals surface area contributed by atoms with Crippen molar-refractivity contribution in [2.75, 3.05) is 7.05 Å². The maximum Gasteiger partial charge on any atom is 0.165 e. The van der Waals surface area contributed by atoms with Gasteiger partial charge >= 0.3 is 0 Å². The van der Waals surface area contributed by atoms with E-state index in [0.717, 1.165) is 16.7 Å². The number of imidazole rings is 1. The van der Waals surface area contributed by atoms with Crippen LogP contribution in [0.3, 0.4) is 0 Å². The van der Waals surface area contributed by atoms with Gasteiger partial charge in [-0.05, 0) is 0 Å². The van der Waals surface area contributed by atoms with Crippen LogP contribution >= 0.6 is 0 Å². The van der Waals surface area contributed by atoms with Gasteiger partial charge in [-0.1, -0.05) is 13.8 Å². The van der Waals surface area contributed by atoms with Crippen molar-refractivity contribution in [2.45, 2.75) is 13.8 Å². The number of nitrogens with zero attached hydrogens (tertiary/aromatic N) is 5. The molecule has 2 heterocycles. The molecule has 0 saturated heterocycles. The van der Waals surface area contributed by atoms with Gasteiger partial charge in [0, 0.05) is 21.1 Å². The molecule has 0 spiro atoms. The highest BCUT2D eigenvalue weighted by atomic mass is 15.1. The van der Waals surface area contributed by atoms with Gasteiger partial charge in [0.25, 0.3) is 0 Å². The molecule has 0 amide bonds. The predicted molar refractivity (Wildman–Crippen MR) is 60.3 cm³/mol. The van der Waals surface area contributed by atoms with E-state index in [-0.39, 0.29) is 0 Å². The van der Waals surface area contributed by atoms with Crippen molar-refractivity contribution in [2.24, 2.45) is 19.1 Å². The predicted octanol–water partition coefficient (Wildman–Crippen LogP) is 0.863. The van der Waals surface area contributed by atoms with Crippen molar-refractivity contribution in [1.82, 2.24) is 19.1 Å². The molecule has 0 aliphatic rings. The van der Waals surface area contributed by atoms with Gasteiger partial charge < -0.3 is 9.13 Å². The number of hydrogen-bond donors (Lipinski definition) is 0. The lowest BCUT2D eigenvalue weighted by molar-refractivity contribution is 0.806. The number of aryl methyl sites for hydroxylation is 2. The van der Waals surface area contributed by atoms with E-state index in [0.29, 0.717) is 0 Å². The van der Waals surface area contributed by atoms with Crippen LogP contribution in [0, 0.1) is 0 Å². The quantitative estimate of drug-likeness (QED) is 0.643. The molecule has 0 N–H and O–H groups in total. The van der Waals surface area contributed by atoms with Crippen molar-refractivity contribution in [3.05, 3.63) is 18.1 Å². The fourth-order valence-electron chi connectivity index (χ4n) is 1.36. The highest BCUT2D eigenvalue weighted by Crippen LogP contribution is 2.00. The summed E-state index contributed by atoms with van der Waals surface area (Å²) < 4.78 is 3.74. The summed E-state index contributed by atoms with van der Waals surface area (Å²) in [5, 5.41) is 0. The molecule has 5 heteroatoms. The molecule has 0 bridgehead atoms. The summed E-state index contributed by atoms with van der Waals surface area (Å²) in [4.78, 5) is 12.6. The Morgan fingerprint density at radius 2 is 1.67 bits per heavy atom. The summed E-state index contributed by atoms with van der Waals surface area (Å²) in [5.41, 5.74) is 2.55. The van der Waals surface area contributed by atoms with Crippen LogP contribution in [0.4, 0.5) is 0 Å². The van der Waals surface area contributed by atoms with Crippen LogP contribution in [0.2, 0.25) is 0 Å². The molecule has 0 atom stereocenters. The van der Waals surface area contributed by atoms with Gasteiger partial charge in [0.05, 0.1) is 12.7 Å². The van der Waals surface area contributed by atoms with Crippen LogP contribution < -0.4 is 5.49 Å². The summed E-state index contributed by atoms with van der Waals surface area (Å²) in [6.07, 6.45) is 3.48. The molecule has 0 fully saturated rings. The third-order valence-electron chi connectivity index (χ3n) is 2.02. The lowest BCUT2D eigenvalue weighted by atomic mass is 10.5. The van der Waals surface area contributed by atoms with E-state index < -0.39 is 0 Å². The molecule has 2 aromatic heterocycles. The minimum atomic E-state index is 0.843. The molecule has 0 saturated carbocycles. The summed E-state index contributed by atoms with van der Waals surface area (Å²) in [5.74, 6) is 0. The number of rotatable bonds is 0. The van der Waals surface area contributed by atoms with Crippen LogP contribution in [-0.2, 0) is 14.1 Å². The van der Waals surface area contributed by atoms with Gasteiger partial charge in [-0.2, -0.15) is 0 Å². The van der Waals surface area contributed by atoms with Crippen LogP contribution in [0.1, 0.15) is 13.8 Å². The molecule has 15 heavy (non-hydrogen) atoms. The van der Waals surface area contributed by atoms with Gasteiger partial charge in [0.1, 0.15) is 0 Å². The van der Waals surface area contributed by atoms with Gasteiger partial charge in [0.2, 0.25) is 0 Å². The number of fused-ring (bicyclic) bond motifs is 1. The van der Waals surface area contributed by atoms with Gasteiger partial charge in [-0.25, -0.2) is 9.97 Å². The molecule has 2 aromatic rings. The molecular weight excluding hydrogens is 190 g/mol. The van der Waals surface area contributed by atoms with Crippen LogP contribution in [0.5, 0.6) is 0 Å². The first-order chi connectivity index (χ1) is 7.24. The normalized spacial score (nSPS) is 11.4. The van der Waals surface area contributed by atoms with E-state index in [1.807, 2.05) is 37.1 Å². The highest BCUT2D eigenvalue weighted by molar-refractivity contribution is 5.68. The molecule has 5 nitrogen and oxygen atoms in total. The van der Waals surface area contributed by atoms with Gasteiger partial charge in [-0.3, -0.25) is 4.99 Å². The first-order valence-electron chi connectivity index (χ1n) is 4.99. The highest BCUT2D eigenvalue weighted by Gasteiger charge is 2.03. The number of hydrogen-bond acceptors (Lipinski definition) is 3. The Morgan fingerprint density at radius 3 is 2.27 bits per heavy atom. The molecule has 0 aromatic carbocycles. The van der Waals surface area contributed by atoms with Crippen molar-refractivity contribution < 1.29 is 0 Å². The summed E-state index contributed by atoms with van der Waals surface area (Å²) in [7, 11) is 5.58. The van der Waals surface area contributed by atoms with Gasteiger partial charge in [0.15, 0.2) is 16.7 Å². The van der Waals surface area contributed by atoms with Crippen LogP contribution in [0.15, 0.2) is 17.6 Å². The van der Waals surface area contributed by atoms with E-state index >= 15 is 0 Å². The Hall–Kier alpha value is -1.65. The standard InChI is InChI=1S/C8H11N5.C2H6/c1-9-7-6-8(11-5-12(7)2)13(3)4-10-6;1-2/h4-5H,1-3H3;1-2H3. The average molecular weight is 207 g/mol. The lowest BCUT2D eigenvalue weighted by Crippen LogP contribution is -2.19. The first-order valence-corrected chi connectivity index (χ1v) is 4.99. The maximum atomic E-state index is 4.25. The molecule has 0 aliphatic carbocycles. The monoisotopic (exact) mass is 207 g/mol. The second-order valence-electron chi connectivity index (χ2n) is 2.93. The SMILES string of the molecule is CC.CN=c1c2ncn(C)c2ncn1C. The fraction of sp³-hybridized carbons (Fsp3) is 0.500. The smallest absolute Gasteiger partial charge is 0.165 e. The molecule has 82 valence electrons. The zero-order valence-electron chi connectivity index (χ0n) is 9.89. The van der Waals surface area contributed by atoms with Crippen molar-refractivity contribution in [1.29, 1.82) is 0 Å². The maximum absolute atomic E-state index is 4.25. The van der Waals surface area contributed by atoms with E-state index in [9.17, 15) is 0 Å². The Morgan fingerprint density at radius 1 is 1.07 bits per heavy atom. The van der Waals surface area contributed by atoms with Crippen molar-refractivity contribution >= 4 is 11.2 Å². The van der Waals surface area contributed by atoms with Gasteiger partial charge in [-0.15, -0.1) is 0 Å². The number of aromatic nitrogens is 4. The van der Waals surface area contributed by atoms with E-state index in [1.54, 1.807) is 19.7 Å². The molecule has 0 aliphatic heterocycles. The van der Waals surface area contributed by atoms with E-state index in [1.165, 1.54) is 0 Å². The molecule has 0 unspecified atom stereocenters. The van der Waals surface area contributed by atoms with Crippen LogP contribution in [0.25, 0.3) is 11.2 Å². The van der Waals surface area contributed by atoms with Crippen LogP contribution in [-0.4, -0.2) is 26.1 Å². The zero-order valence-corrected chi connectivity index (χ0v) is 9.89. The Kier molecular flexibility index (Phi) is 3.60. The second kappa shape index (κ2) is 4.72. The molecule has 2 rings (SSSR count). The fourth-order valence-corrected chi connectivity index (χ4v) is 1.36. The van der Waals surface area contributed by atoms with Crippen molar-refractivity contribution in [3.8, 4) is 0 Å². The topological polar surface area (TPSA) is 48.0 Å². The Balaban J connectivity index is 0.000000531. The minimum Gasteiger partial charge on any atom is -0.319 e. The molecule has 0 radical (unpaired) electrons. The second-order valence-corrected chi connectivity index (χ2v) is 2.93. The minimum absolute atomic E-state index is 0.843. The van der Waals surface area contributed by atoms with Crippen molar-refractivity contribution in [3.63, 3.8) is 0 Å². The first kappa shape index (κ1) is 11.4. The van der Waals surface area contributed by atoms with E-state index in [4.69, 9.17) is 0 Å². The van der Waals surface area contributed by atoms with E-state index in [2.05, 4.69) is 15.0 Å². The third kappa shape index (κ3) is 1.91. The largest absolute Gasteiger partial charge is 0.319 e. The Labute approximate surface area is 89.1 Å². The summed E-state index contributed by atoms with van der Waals surface area (Å²) in [6, 6.07) is 0. The average Bonchev–Trinajstić information content (AvgIpc) is 2.63. The third-order valence-corrected chi connectivity index (χ3v) is 2.02. The lowest BCUT2D eigenvalue weighted by Gasteiger charge is -1.98. The summed E-state index contributed by atoms with van der Waals surface area (Å²) >= 11 is 0.